The number of rotatable bonds is 4. The van der Waals surface area contributed by atoms with E-state index >= 15 is 0 Å². The number of carbonyl (C=O) groups excluding carboxylic acids is 2. The second-order valence-electron chi connectivity index (χ2n) is 4.26. The standard InChI is InChI=1S/C17H13BrO3/c1-21-17(20)13-7-3-2-6-12(13)10-11-16(19)14-8-4-5-9-15(14)18/h2-11H,1H3/b11-10+. The Morgan fingerprint density at radius 1 is 1.00 bits per heavy atom. The molecule has 0 amide bonds. The van der Waals surface area contributed by atoms with E-state index in [2.05, 4.69) is 15.9 Å². The van der Waals surface area contributed by atoms with Crippen molar-refractivity contribution in [1.29, 1.82) is 0 Å². The summed E-state index contributed by atoms with van der Waals surface area (Å²) in [5.41, 5.74) is 1.64. The summed E-state index contributed by atoms with van der Waals surface area (Å²) in [6.45, 7) is 0. The molecule has 0 aliphatic rings. The van der Waals surface area contributed by atoms with E-state index in [0.29, 0.717) is 16.7 Å². The second kappa shape index (κ2) is 6.99. The summed E-state index contributed by atoms with van der Waals surface area (Å²) >= 11 is 3.34. The quantitative estimate of drug-likeness (QED) is 0.475. The van der Waals surface area contributed by atoms with Gasteiger partial charge in [0.15, 0.2) is 5.78 Å². The lowest BCUT2D eigenvalue weighted by Crippen LogP contribution is -2.03. The molecule has 0 N–H and O–H groups in total. The van der Waals surface area contributed by atoms with Crippen molar-refractivity contribution in [3.05, 3.63) is 75.8 Å². The van der Waals surface area contributed by atoms with E-state index in [-0.39, 0.29) is 5.78 Å². The first-order valence-electron chi connectivity index (χ1n) is 6.27. The predicted octanol–water partition coefficient (Wildman–Crippen LogP) is 4.13. The third-order valence-corrected chi connectivity index (χ3v) is 3.61. The van der Waals surface area contributed by atoms with Crippen LogP contribution in [0.2, 0.25) is 0 Å². The molecule has 2 aromatic rings. The molecule has 0 fully saturated rings. The highest BCUT2D eigenvalue weighted by atomic mass is 79.9. The molecule has 0 aromatic heterocycles. The summed E-state index contributed by atoms with van der Waals surface area (Å²) in [5.74, 6) is -0.564. The molecule has 0 aliphatic heterocycles. The number of hydrogen-bond acceptors (Lipinski definition) is 3. The Bertz CT molecular complexity index is 705. The molecule has 4 heteroatoms. The minimum Gasteiger partial charge on any atom is -0.465 e. The number of ether oxygens (including phenoxy) is 1. The summed E-state index contributed by atoms with van der Waals surface area (Å²) in [6, 6.07) is 14.2. The molecule has 106 valence electrons. The number of hydrogen-bond donors (Lipinski definition) is 0. The van der Waals surface area contributed by atoms with Crippen LogP contribution in [0.5, 0.6) is 0 Å². The molecule has 0 saturated heterocycles. The van der Waals surface area contributed by atoms with E-state index in [1.54, 1.807) is 42.5 Å². The van der Waals surface area contributed by atoms with Crippen LogP contribution in [0, 0.1) is 0 Å². The van der Waals surface area contributed by atoms with Gasteiger partial charge in [0.2, 0.25) is 0 Å². The smallest absolute Gasteiger partial charge is 0.338 e. The van der Waals surface area contributed by atoms with Crippen molar-refractivity contribution in [1.82, 2.24) is 0 Å². The van der Waals surface area contributed by atoms with Crippen LogP contribution in [0.1, 0.15) is 26.3 Å². The Kier molecular flexibility index (Phi) is 5.06. The molecule has 0 unspecified atom stereocenters. The van der Waals surface area contributed by atoms with Gasteiger partial charge in [-0.2, -0.15) is 0 Å². The van der Waals surface area contributed by atoms with E-state index in [1.807, 2.05) is 12.1 Å². The van der Waals surface area contributed by atoms with Crippen molar-refractivity contribution in [3.8, 4) is 0 Å². The Hall–Kier alpha value is -2.20. The van der Waals surface area contributed by atoms with Crippen LogP contribution in [0.25, 0.3) is 6.08 Å². The van der Waals surface area contributed by atoms with Gasteiger partial charge in [-0.25, -0.2) is 4.79 Å². The lowest BCUT2D eigenvalue weighted by molar-refractivity contribution is 0.0600. The first-order valence-corrected chi connectivity index (χ1v) is 7.07. The lowest BCUT2D eigenvalue weighted by Gasteiger charge is -2.03. The van der Waals surface area contributed by atoms with Crippen LogP contribution in [0.15, 0.2) is 59.1 Å². The van der Waals surface area contributed by atoms with Gasteiger partial charge in [0, 0.05) is 10.0 Å². The molecule has 0 radical (unpaired) electrons. The zero-order valence-electron chi connectivity index (χ0n) is 11.4. The summed E-state index contributed by atoms with van der Waals surface area (Å²) in [6.07, 6.45) is 3.07. The molecular weight excluding hydrogens is 332 g/mol. The fourth-order valence-electron chi connectivity index (χ4n) is 1.85. The fraction of sp³-hybridized carbons (Fsp3) is 0.0588. The van der Waals surface area contributed by atoms with E-state index < -0.39 is 5.97 Å². The molecule has 0 bridgehead atoms. The maximum Gasteiger partial charge on any atom is 0.338 e. The number of esters is 1. The van der Waals surface area contributed by atoms with Gasteiger partial charge in [0.05, 0.1) is 12.7 Å². The van der Waals surface area contributed by atoms with Crippen molar-refractivity contribution in [2.75, 3.05) is 7.11 Å². The van der Waals surface area contributed by atoms with Crippen LogP contribution in [-0.4, -0.2) is 18.9 Å². The van der Waals surface area contributed by atoms with Crippen molar-refractivity contribution < 1.29 is 14.3 Å². The zero-order valence-corrected chi connectivity index (χ0v) is 13.0. The SMILES string of the molecule is COC(=O)c1ccccc1/C=C/C(=O)c1ccccc1Br. The molecule has 0 heterocycles. The molecule has 3 nitrogen and oxygen atoms in total. The van der Waals surface area contributed by atoms with Crippen LogP contribution in [0.4, 0.5) is 0 Å². The van der Waals surface area contributed by atoms with Gasteiger partial charge in [0.25, 0.3) is 0 Å². The van der Waals surface area contributed by atoms with E-state index in [1.165, 1.54) is 13.2 Å². The summed E-state index contributed by atoms with van der Waals surface area (Å²) in [4.78, 5) is 23.8. The molecule has 2 rings (SSSR count). The van der Waals surface area contributed by atoms with Crippen LogP contribution < -0.4 is 0 Å². The fourth-order valence-corrected chi connectivity index (χ4v) is 2.33. The normalized spacial score (nSPS) is 10.6. The van der Waals surface area contributed by atoms with Gasteiger partial charge in [-0.1, -0.05) is 52.3 Å². The molecule has 0 atom stereocenters. The minimum atomic E-state index is -0.427. The summed E-state index contributed by atoms with van der Waals surface area (Å²) in [7, 11) is 1.33. The molecule has 0 aliphatic carbocycles. The van der Waals surface area contributed by atoms with Gasteiger partial charge < -0.3 is 4.74 Å². The number of benzene rings is 2. The van der Waals surface area contributed by atoms with Crippen molar-refractivity contribution in [2.24, 2.45) is 0 Å². The third kappa shape index (κ3) is 3.67. The maximum absolute atomic E-state index is 12.2. The number of halogens is 1. The van der Waals surface area contributed by atoms with Gasteiger partial charge in [-0.15, -0.1) is 0 Å². The summed E-state index contributed by atoms with van der Waals surface area (Å²) in [5, 5.41) is 0. The second-order valence-corrected chi connectivity index (χ2v) is 5.11. The number of ketones is 1. The highest BCUT2D eigenvalue weighted by Gasteiger charge is 2.10. The topological polar surface area (TPSA) is 43.4 Å². The Balaban J connectivity index is 2.28. The molecule has 0 spiro atoms. The number of methoxy groups -OCH3 is 1. The van der Waals surface area contributed by atoms with Gasteiger partial charge in [-0.05, 0) is 29.8 Å². The Morgan fingerprint density at radius 2 is 1.62 bits per heavy atom. The first kappa shape index (κ1) is 15.2. The minimum absolute atomic E-state index is 0.137. The van der Waals surface area contributed by atoms with Crippen molar-refractivity contribution in [3.63, 3.8) is 0 Å². The largest absolute Gasteiger partial charge is 0.465 e. The molecule has 21 heavy (non-hydrogen) atoms. The van der Waals surface area contributed by atoms with Gasteiger partial charge >= 0.3 is 5.97 Å². The zero-order chi connectivity index (χ0) is 15.2. The van der Waals surface area contributed by atoms with Crippen LogP contribution >= 0.6 is 15.9 Å². The number of carbonyl (C=O) groups is 2. The predicted molar refractivity (Wildman–Crippen MR) is 85.3 cm³/mol. The highest BCUT2D eigenvalue weighted by molar-refractivity contribution is 9.10. The lowest BCUT2D eigenvalue weighted by atomic mass is 10.1. The maximum atomic E-state index is 12.2. The summed E-state index contributed by atoms with van der Waals surface area (Å²) < 4.78 is 5.46. The Labute approximate surface area is 131 Å². The molecular formula is C17H13BrO3. The highest BCUT2D eigenvalue weighted by Crippen LogP contribution is 2.18. The number of allylic oxidation sites excluding steroid dienone is 1. The van der Waals surface area contributed by atoms with Crippen molar-refractivity contribution in [2.45, 2.75) is 0 Å². The molecule has 0 saturated carbocycles. The van der Waals surface area contributed by atoms with E-state index in [9.17, 15) is 9.59 Å². The van der Waals surface area contributed by atoms with Gasteiger partial charge in [0.1, 0.15) is 0 Å². The average Bonchev–Trinajstić information content (AvgIpc) is 2.52. The van der Waals surface area contributed by atoms with E-state index in [4.69, 9.17) is 4.74 Å². The van der Waals surface area contributed by atoms with Crippen molar-refractivity contribution >= 4 is 33.8 Å². The Morgan fingerprint density at radius 3 is 2.29 bits per heavy atom. The van der Waals surface area contributed by atoms with E-state index in [0.717, 1.165) is 4.47 Å². The van der Waals surface area contributed by atoms with Crippen LogP contribution in [0.3, 0.4) is 0 Å². The average molecular weight is 345 g/mol. The monoisotopic (exact) mass is 344 g/mol. The first-order chi connectivity index (χ1) is 10.1. The molecule has 2 aromatic carbocycles. The van der Waals surface area contributed by atoms with Gasteiger partial charge in [-0.3, -0.25) is 4.79 Å². The third-order valence-electron chi connectivity index (χ3n) is 2.92. The van der Waals surface area contributed by atoms with Crippen LogP contribution in [-0.2, 0) is 4.74 Å².